The van der Waals surface area contributed by atoms with Crippen molar-refractivity contribution in [2.45, 2.75) is 71.8 Å². The summed E-state index contributed by atoms with van der Waals surface area (Å²) < 4.78 is 0. The number of aromatic nitrogens is 2. The van der Waals surface area contributed by atoms with E-state index in [2.05, 4.69) is 42.5 Å². The molecule has 0 aliphatic heterocycles. The lowest BCUT2D eigenvalue weighted by Crippen LogP contribution is -2.32. The third-order valence-corrected chi connectivity index (χ3v) is 4.37. The molecule has 4 nitrogen and oxygen atoms in total. The maximum atomic E-state index is 4.71. The first kappa shape index (κ1) is 16.1. The van der Waals surface area contributed by atoms with Crippen LogP contribution >= 0.6 is 0 Å². The first-order valence-corrected chi connectivity index (χ1v) is 8.65. The van der Waals surface area contributed by atoms with Crippen LogP contribution < -0.4 is 10.6 Å². The van der Waals surface area contributed by atoms with E-state index in [1.54, 1.807) is 0 Å². The molecule has 21 heavy (non-hydrogen) atoms. The van der Waals surface area contributed by atoms with Crippen LogP contribution in [-0.4, -0.2) is 22.6 Å². The van der Waals surface area contributed by atoms with Crippen molar-refractivity contribution in [1.82, 2.24) is 9.97 Å². The van der Waals surface area contributed by atoms with Gasteiger partial charge in [-0.05, 0) is 32.1 Å². The Kier molecular flexibility index (Phi) is 6.27. The molecule has 0 saturated heterocycles. The van der Waals surface area contributed by atoms with Gasteiger partial charge in [-0.1, -0.05) is 33.1 Å². The molecule has 1 aromatic heterocycles. The van der Waals surface area contributed by atoms with Crippen molar-refractivity contribution in [3.05, 3.63) is 11.9 Å². The first-order chi connectivity index (χ1) is 10.3. The monoisotopic (exact) mass is 290 g/mol. The molecule has 1 saturated carbocycles. The minimum absolute atomic E-state index is 0.572. The van der Waals surface area contributed by atoms with Gasteiger partial charge in [0.25, 0.3) is 0 Å². The van der Waals surface area contributed by atoms with E-state index in [0.29, 0.717) is 6.04 Å². The van der Waals surface area contributed by atoms with E-state index in [4.69, 9.17) is 4.98 Å². The molecule has 0 radical (unpaired) electrons. The second kappa shape index (κ2) is 8.20. The van der Waals surface area contributed by atoms with Gasteiger partial charge in [0.05, 0.1) is 0 Å². The molecule has 0 aromatic carbocycles. The molecular formula is C17H30N4. The van der Waals surface area contributed by atoms with Crippen LogP contribution in [0.2, 0.25) is 0 Å². The maximum Gasteiger partial charge on any atom is 0.133 e. The molecule has 1 aliphatic rings. The smallest absolute Gasteiger partial charge is 0.133 e. The maximum absolute atomic E-state index is 4.71. The van der Waals surface area contributed by atoms with Crippen molar-refractivity contribution in [3.8, 4) is 0 Å². The Labute approximate surface area is 129 Å². The standard InChI is InChI=1S/C17H30N4/c1-4-9-15-20-16(18-6-3)12-17(21-15)19-14-11-8-7-10-13(14)5-2/h12-14H,4-11H2,1-3H3,(H2,18,19,20,21). The number of hydrogen-bond donors (Lipinski definition) is 2. The van der Waals surface area contributed by atoms with Crippen molar-refractivity contribution in [3.63, 3.8) is 0 Å². The number of nitrogens with one attached hydrogen (secondary N) is 2. The molecule has 118 valence electrons. The summed E-state index contributed by atoms with van der Waals surface area (Å²) in [5.41, 5.74) is 0. The molecule has 1 aromatic rings. The summed E-state index contributed by atoms with van der Waals surface area (Å²) in [7, 11) is 0. The van der Waals surface area contributed by atoms with Gasteiger partial charge in [-0.15, -0.1) is 0 Å². The van der Waals surface area contributed by atoms with Gasteiger partial charge >= 0.3 is 0 Å². The van der Waals surface area contributed by atoms with Crippen LogP contribution in [0.4, 0.5) is 11.6 Å². The molecule has 0 amide bonds. The highest BCUT2D eigenvalue weighted by Gasteiger charge is 2.24. The number of hydrogen-bond acceptors (Lipinski definition) is 4. The highest BCUT2D eigenvalue weighted by atomic mass is 15.1. The number of rotatable bonds is 7. The van der Waals surface area contributed by atoms with Crippen LogP contribution in [0, 0.1) is 5.92 Å². The van der Waals surface area contributed by atoms with Gasteiger partial charge in [0, 0.05) is 25.1 Å². The zero-order chi connectivity index (χ0) is 15.1. The Morgan fingerprint density at radius 1 is 1.10 bits per heavy atom. The predicted octanol–water partition coefficient (Wildman–Crippen LogP) is 4.24. The molecule has 1 fully saturated rings. The van der Waals surface area contributed by atoms with E-state index in [1.807, 2.05) is 0 Å². The lowest BCUT2D eigenvalue weighted by molar-refractivity contribution is 0.317. The van der Waals surface area contributed by atoms with Crippen molar-refractivity contribution >= 4 is 11.6 Å². The number of anilines is 2. The van der Waals surface area contributed by atoms with Crippen LogP contribution in [-0.2, 0) is 6.42 Å². The summed E-state index contributed by atoms with van der Waals surface area (Å²) >= 11 is 0. The van der Waals surface area contributed by atoms with Gasteiger partial charge in [0.2, 0.25) is 0 Å². The van der Waals surface area contributed by atoms with Gasteiger partial charge in [0.1, 0.15) is 17.5 Å². The Morgan fingerprint density at radius 2 is 1.86 bits per heavy atom. The molecule has 1 heterocycles. The summed E-state index contributed by atoms with van der Waals surface area (Å²) in [6, 6.07) is 2.63. The first-order valence-electron chi connectivity index (χ1n) is 8.65. The summed E-state index contributed by atoms with van der Waals surface area (Å²) in [4.78, 5) is 9.29. The highest BCUT2D eigenvalue weighted by Crippen LogP contribution is 2.29. The normalized spacial score (nSPS) is 22.0. The quantitative estimate of drug-likeness (QED) is 0.788. The fourth-order valence-corrected chi connectivity index (χ4v) is 3.25. The summed E-state index contributed by atoms with van der Waals surface area (Å²) in [6.07, 6.45) is 8.60. The SMILES string of the molecule is CCCc1nc(NCC)cc(NC2CCCCC2CC)n1. The number of nitrogens with zero attached hydrogens (tertiary/aromatic N) is 2. The molecule has 2 rings (SSSR count). The topological polar surface area (TPSA) is 49.8 Å². The van der Waals surface area contributed by atoms with Gasteiger partial charge in [-0.3, -0.25) is 0 Å². The third-order valence-electron chi connectivity index (χ3n) is 4.37. The van der Waals surface area contributed by atoms with E-state index >= 15 is 0 Å². The van der Waals surface area contributed by atoms with Gasteiger partial charge < -0.3 is 10.6 Å². The molecular weight excluding hydrogens is 260 g/mol. The summed E-state index contributed by atoms with van der Waals surface area (Å²) in [6.45, 7) is 7.47. The molecule has 1 aliphatic carbocycles. The van der Waals surface area contributed by atoms with E-state index in [0.717, 1.165) is 42.8 Å². The Balaban J connectivity index is 2.13. The van der Waals surface area contributed by atoms with Crippen LogP contribution in [0.5, 0.6) is 0 Å². The van der Waals surface area contributed by atoms with E-state index in [9.17, 15) is 0 Å². The van der Waals surface area contributed by atoms with Crippen molar-refractivity contribution in [2.24, 2.45) is 5.92 Å². The molecule has 4 heteroatoms. The fourth-order valence-electron chi connectivity index (χ4n) is 3.25. The Bertz CT molecular complexity index is 409. The lowest BCUT2D eigenvalue weighted by atomic mass is 9.83. The second-order valence-electron chi connectivity index (χ2n) is 6.04. The fraction of sp³-hybridized carbons (Fsp3) is 0.765. The molecule has 2 unspecified atom stereocenters. The second-order valence-corrected chi connectivity index (χ2v) is 6.04. The zero-order valence-electron chi connectivity index (χ0n) is 13.8. The van der Waals surface area contributed by atoms with Crippen LogP contribution in [0.1, 0.15) is 65.1 Å². The molecule has 0 bridgehead atoms. The predicted molar refractivity (Wildman–Crippen MR) is 89.9 cm³/mol. The molecule has 2 N–H and O–H groups in total. The van der Waals surface area contributed by atoms with Gasteiger partial charge in [-0.2, -0.15) is 0 Å². The molecule has 0 spiro atoms. The van der Waals surface area contributed by atoms with E-state index in [-0.39, 0.29) is 0 Å². The summed E-state index contributed by atoms with van der Waals surface area (Å²) in [5.74, 6) is 3.67. The Morgan fingerprint density at radius 3 is 2.57 bits per heavy atom. The van der Waals surface area contributed by atoms with Crippen molar-refractivity contribution in [1.29, 1.82) is 0 Å². The van der Waals surface area contributed by atoms with E-state index < -0.39 is 0 Å². The average molecular weight is 290 g/mol. The third kappa shape index (κ3) is 4.58. The Hall–Kier alpha value is -1.32. The van der Waals surface area contributed by atoms with Crippen molar-refractivity contribution < 1.29 is 0 Å². The van der Waals surface area contributed by atoms with Crippen molar-refractivity contribution in [2.75, 3.05) is 17.2 Å². The highest BCUT2D eigenvalue weighted by molar-refractivity contribution is 5.48. The van der Waals surface area contributed by atoms with Gasteiger partial charge in [-0.25, -0.2) is 9.97 Å². The lowest BCUT2D eigenvalue weighted by Gasteiger charge is -2.32. The van der Waals surface area contributed by atoms with E-state index in [1.165, 1.54) is 32.1 Å². The largest absolute Gasteiger partial charge is 0.370 e. The van der Waals surface area contributed by atoms with Crippen LogP contribution in [0.3, 0.4) is 0 Å². The minimum atomic E-state index is 0.572. The van der Waals surface area contributed by atoms with Gasteiger partial charge in [0.15, 0.2) is 0 Å². The number of aryl methyl sites for hydroxylation is 1. The minimum Gasteiger partial charge on any atom is -0.370 e. The molecule has 2 atom stereocenters. The zero-order valence-corrected chi connectivity index (χ0v) is 13.8. The van der Waals surface area contributed by atoms with Crippen LogP contribution in [0.15, 0.2) is 6.07 Å². The summed E-state index contributed by atoms with van der Waals surface area (Å²) in [5, 5.41) is 7.01. The van der Waals surface area contributed by atoms with Crippen LogP contribution in [0.25, 0.3) is 0 Å². The average Bonchev–Trinajstić information content (AvgIpc) is 2.48.